The standard InChI is InChI=1S/C14H25Cl/c1-11-4-3-5-12(8-11)9-14(2)7-6-13(15)10-14/h11-13H,3-10H2,1-2H3. The highest BCUT2D eigenvalue weighted by Crippen LogP contribution is 2.47. The van der Waals surface area contributed by atoms with Crippen LogP contribution in [0.15, 0.2) is 0 Å². The van der Waals surface area contributed by atoms with Crippen LogP contribution in [0.1, 0.15) is 65.2 Å². The van der Waals surface area contributed by atoms with Crippen molar-refractivity contribution >= 4 is 11.6 Å². The number of hydrogen-bond acceptors (Lipinski definition) is 0. The van der Waals surface area contributed by atoms with E-state index in [1.807, 2.05) is 0 Å². The van der Waals surface area contributed by atoms with Gasteiger partial charge >= 0.3 is 0 Å². The van der Waals surface area contributed by atoms with Gasteiger partial charge in [-0.3, -0.25) is 0 Å². The zero-order valence-corrected chi connectivity index (χ0v) is 11.0. The lowest BCUT2D eigenvalue weighted by Gasteiger charge is -2.33. The quantitative estimate of drug-likeness (QED) is 0.584. The van der Waals surface area contributed by atoms with Crippen LogP contribution < -0.4 is 0 Å². The molecule has 0 aromatic rings. The van der Waals surface area contributed by atoms with Crippen LogP contribution >= 0.6 is 11.6 Å². The van der Waals surface area contributed by atoms with Gasteiger partial charge in [-0.15, -0.1) is 11.6 Å². The summed E-state index contributed by atoms with van der Waals surface area (Å²) in [6, 6.07) is 0. The molecule has 0 spiro atoms. The van der Waals surface area contributed by atoms with Crippen LogP contribution in [0.2, 0.25) is 0 Å². The van der Waals surface area contributed by atoms with Crippen LogP contribution in [-0.4, -0.2) is 5.38 Å². The van der Waals surface area contributed by atoms with E-state index in [1.165, 1.54) is 51.4 Å². The highest BCUT2D eigenvalue weighted by molar-refractivity contribution is 6.20. The second-order valence-electron chi connectivity index (χ2n) is 6.49. The van der Waals surface area contributed by atoms with Crippen LogP contribution in [0.25, 0.3) is 0 Å². The van der Waals surface area contributed by atoms with Gasteiger partial charge in [0.2, 0.25) is 0 Å². The van der Waals surface area contributed by atoms with Gasteiger partial charge in [0.1, 0.15) is 0 Å². The van der Waals surface area contributed by atoms with Crippen molar-refractivity contribution in [2.45, 2.75) is 70.6 Å². The molecule has 2 aliphatic rings. The lowest BCUT2D eigenvalue weighted by atomic mass is 9.72. The maximum Gasteiger partial charge on any atom is 0.0341 e. The van der Waals surface area contributed by atoms with Gasteiger partial charge in [0, 0.05) is 5.38 Å². The molecule has 15 heavy (non-hydrogen) atoms. The van der Waals surface area contributed by atoms with E-state index in [-0.39, 0.29) is 0 Å². The van der Waals surface area contributed by atoms with Crippen LogP contribution in [0.5, 0.6) is 0 Å². The summed E-state index contributed by atoms with van der Waals surface area (Å²) in [7, 11) is 0. The van der Waals surface area contributed by atoms with Crippen molar-refractivity contribution in [3.8, 4) is 0 Å². The Kier molecular flexibility index (Phi) is 3.65. The third-order valence-electron chi connectivity index (χ3n) is 4.60. The van der Waals surface area contributed by atoms with Gasteiger partial charge in [0.15, 0.2) is 0 Å². The maximum absolute atomic E-state index is 6.24. The molecule has 0 heterocycles. The van der Waals surface area contributed by atoms with Gasteiger partial charge in [-0.05, 0) is 49.4 Å². The Bertz CT molecular complexity index is 213. The third-order valence-corrected chi connectivity index (χ3v) is 4.97. The van der Waals surface area contributed by atoms with E-state index >= 15 is 0 Å². The largest absolute Gasteiger partial charge is 0.123 e. The molecule has 0 amide bonds. The van der Waals surface area contributed by atoms with Gasteiger partial charge in [-0.1, -0.05) is 33.1 Å². The Balaban J connectivity index is 1.85. The summed E-state index contributed by atoms with van der Waals surface area (Å²) >= 11 is 6.24. The van der Waals surface area contributed by atoms with Gasteiger partial charge in [-0.2, -0.15) is 0 Å². The molecule has 88 valence electrons. The fourth-order valence-electron chi connectivity index (χ4n) is 3.87. The van der Waals surface area contributed by atoms with Crippen LogP contribution in [0.4, 0.5) is 0 Å². The zero-order valence-electron chi connectivity index (χ0n) is 10.3. The molecule has 1 heteroatoms. The van der Waals surface area contributed by atoms with Crippen molar-refractivity contribution in [2.75, 3.05) is 0 Å². The summed E-state index contributed by atoms with van der Waals surface area (Å²) in [6.45, 7) is 4.89. The molecule has 0 N–H and O–H groups in total. The minimum Gasteiger partial charge on any atom is -0.123 e. The molecule has 0 bridgehead atoms. The molecular weight excluding hydrogens is 204 g/mol. The summed E-state index contributed by atoms with van der Waals surface area (Å²) < 4.78 is 0. The van der Waals surface area contributed by atoms with E-state index < -0.39 is 0 Å². The molecule has 0 aromatic heterocycles. The van der Waals surface area contributed by atoms with E-state index in [1.54, 1.807) is 0 Å². The molecule has 0 saturated heterocycles. The van der Waals surface area contributed by atoms with E-state index in [0.717, 1.165) is 11.8 Å². The van der Waals surface area contributed by atoms with Crippen LogP contribution in [0, 0.1) is 17.3 Å². The molecular formula is C14H25Cl. The first-order valence-corrected chi connectivity index (χ1v) is 7.15. The maximum atomic E-state index is 6.24. The Morgan fingerprint density at radius 1 is 1.27 bits per heavy atom. The average molecular weight is 229 g/mol. The molecule has 0 aliphatic heterocycles. The second kappa shape index (κ2) is 4.65. The van der Waals surface area contributed by atoms with Gasteiger partial charge in [0.05, 0.1) is 0 Å². The second-order valence-corrected chi connectivity index (χ2v) is 7.11. The molecule has 2 fully saturated rings. The summed E-state index contributed by atoms with van der Waals surface area (Å²) in [5.74, 6) is 1.97. The lowest BCUT2D eigenvalue weighted by Crippen LogP contribution is -2.22. The van der Waals surface area contributed by atoms with Crippen molar-refractivity contribution in [1.82, 2.24) is 0 Å². The smallest absolute Gasteiger partial charge is 0.0341 e. The molecule has 0 aromatic carbocycles. The third kappa shape index (κ3) is 3.12. The number of alkyl halides is 1. The SMILES string of the molecule is CC1CCCC(CC2(C)CCC(Cl)C2)C1. The van der Waals surface area contributed by atoms with Crippen molar-refractivity contribution < 1.29 is 0 Å². The van der Waals surface area contributed by atoms with Crippen molar-refractivity contribution in [3.63, 3.8) is 0 Å². The van der Waals surface area contributed by atoms with E-state index in [4.69, 9.17) is 11.6 Å². The van der Waals surface area contributed by atoms with Crippen molar-refractivity contribution in [1.29, 1.82) is 0 Å². The zero-order chi connectivity index (χ0) is 10.9. The first-order valence-electron chi connectivity index (χ1n) is 6.71. The Morgan fingerprint density at radius 3 is 2.67 bits per heavy atom. The summed E-state index contributed by atoms with van der Waals surface area (Å²) in [4.78, 5) is 0. The van der Waals surface area contributed by atoms with E-state index in [0.29, 0.717) is 10.8 Å². The fraction of sp³-hybridized carbons (Fsp3) is 1.00. The predicted molar refractivity (Wildman–Crippen MR) is 67.3 cm³/mol. The van der Waals surface area contributed by atoms with Gasteiger partial charge < -0.3 is 0 Å². The molecule has 0 radical (unpaired) electrons. The normalized spacial score (nSPS) is 47.0. The van der Waals surface area contributed by atoms with Crippen molar-refractivity contribution in [3.05, 3.63) is 0 Å². The monoisotopic (exact) mass is 228 g/mol. The van der Waals surface area contributed by atoms with E-state index in [9.17, 15) is 0 Å². The summed E-state index contributed by atoms with van der Waals surface area (Å²) in [5, 5.41) is 0.469. The molecule has 2 rings (SSSR count). The highest BCUT2D eigenvalue weighted by Gasteiger charge is 2.36. The minimum atomic E-state index is 0.469. The Hall–Kier alpha value is 0.290. The van der Waals surface area contributed by atoms with Gasteiger partial charge in [-0.25, -0.2) is 0 Å². The first kappa shape index (κ1) is 11.8. The van der Waals surface area contributed by atoms with Crippen molar-refractivity contribution in [2.24, 2.45) is 17.3 Å². The van der Waals surface area contributed by atoms with Gasteiger partial charge in [0.25, 0.3) is 0 Å². The highest BCUT2D eigenvalue weighted by atomic mass is 35.5. The topological polar surface area (TPSA) is 0 Å². The summed E-state index contributed by atoms with van der Waals surface area (Å²) in [6.07, 6.45) is 11.2. The Labute approximate surface area is 99.8 Å². The van der Waals surface area contributed by atoms with Crippen LogP contribution in [-0.2, 0) is 0 Å². The van der Waals surface area contributed by atoms with E-state index in [2.05, 4.69) is 13.8 Å². The molecule has 2 saturated carbocycles. The lowest BCUT2D eigenvalue weighted by molar-refractivity contribution is 0.182. The average Bonchev–Trinajstić information content (AvgIpc) is 2.45. The first-order chi connectivity index (χ1) is 7.07. The molecule has 4 atom stereocenters. The van der Waals surface area contributed by atoms with Crippen LogP contribution in [0.3, 0.4) is 0 Å². The molecule has 2 aliphatic carbocycles. The number of rotatable bonds is 2. The summed E-state index contributed by atoms with van der Waals surface area (Å²) in [5.41, 5.74) is 0.578. The molecule has 4 unspecified atom stereocenters. The number of hydrogen-bond donors (Lipinski definition) is 0. The predicted octanol–water partition coefficient (Wildman–Crippen LogP) is 5.00. The Morgan fingerprint density at radius 2 is 2.07 bits per heavy atom. The minimum absolute atomic E-state index is 0.469. The molecule has 0 nitrogen and oxygen atoms in total. The number of halogens is 1. The fourth-order valence-corrected chi connectivity index (χ4v) is 4.35.